The lowest BCUT2D eigenvalue weighted by molar-refractivity contribution is -0.385. The summed E-state index contributed by atoms with van der Waals surface area (Å²) >= 11 is 3.39. The molecule has 0 unspecified atom stereocenters. The molecule has 1 heterocycles. The Morgan fingerprint density at radius 2 is 2.08 bits per heavy atom. The van der Waals surface area contributed by atoms with Crippen LogP contribution < -0.4 is 5.32 Å². The smallest absolute Gasteiger partial charge is 0.274 e. The highest BCUT2D eigenvalue weighted by Gasteiger charge is 2.14. The van der Waals surface area contributed by atoms with E-state index in [9.17, 15) is 14.9 Å². The van der Waals surface area contributed by atoms with Gasteiger partial charge in [0.25, 0.3) is 5.69 Å². The van der Waals surface area contributed by atoms with Gasteiger partial charge in [0.15, 0.2) is 0 Å². The van der Waals surface area contributed by atoms with Crippen LogP contribution in [0.4, 0.5) is 11.4 Å². The highest BCUT2D eigenvalue weighted by molar-refractivity contribution is 9.10. The minimum Gasteiger partial charge on any atom is -0.464 e. The molecule has 1 N–H and O–H groups in total. The zero-order valence-electron chi connectivity index (χ0n) is 12.7. The molecule has 0 saturated carbocycles. The molecular weight excluding hydrogens is 376 g/mol. The van der Waals surface area contributed by atoms with Gasteiger partial charge in [-0.25, -0.2) is 0 Å². The molecule has 0 radical (unpaired) electrons. The van der Waals surface area contributed by atoms with Gasteiger partial charge in [0.2, 0.25) is 5.91 Å². The molecule has 1 amide bonds. The molecule has 0 saturated heterocycles. The fourth-order valence-corrected chi connectivity index (χ4v) is 2.81. The number of carbonyl (C=O) groups is 1. The van der Waals surface area contributed by atoms with E-state index in [0.717, 1.165) is 15.4 Å². The Morgan fingerprint density at radius 1 is 1.29 bits per heavy atom. The Balaban J connectivity index is 1.79. The molecule has 122 valence electrons. The number of aryl methyl sites for hydroxylation is 1. The van der Waals surface area contributed by atoms with Crippen molar-refractivity contribution in [1.82, 2.24) is 0 Å². The summed E-state index contributed by atoms with van der Waals surface area (Å²) < 4.78 is 6.33. The van der Waals surface area contributed by atoms with Crippen LogP contribution in [0.25, 0.3) is 11.0 Å². The molecule has 3 aromatic rings. The number of hydrogen-bond donors (Lipinski definition) is 1. The van der Waals surface area contributed by atoms with Gasteiger partial charge in [0, 0.05) is 32.7 Å². The SMILES string of the molecule is Cc1ccc(NC(=O)Cc2coc3ccc(Br)cc23)cc1[N+](=O)[O-]. The Labute approximate surface area is 145 Å². The van der Waals surface area contributed by atoms with Gasteiger partial charge in [-0.05, 0) is 31.2 Å². The number of furan rings is 1. The van der Waals surface area contributed by atoms with E-state index in [1.807, 2.05) is 18.2 Å². The van der Waals surface area contributed by atoms with Crippen molar-refractivity contribution in [2.24, 2.45) is 0 Å². The number of halogens is 1. The van der Waals surface area contributed by atoms with Crippen LogP contribution in [0, 0.1) is 17.0 Å². The van der Waals surface area contributed by atoms with Gasteiger partial charge in [0.1, 0.15) is 5.58 Å². The molecule has 0 aliphatic rings. The normalized spacial score (nSPS) is 10.8. The second-order valence-corrected chi connectivity index (χ2v) is 6.30. The monoisotopic (exact) mass is 388 g/mol. The third kappa shape index (κ3) is 3.30. The van der Waals surface area contributed by atoms with Crippen molar-refractivity contribution in [3.05, 3.63) is 68.4 Å². The number of nitrogens with one attached hydrogen (secondary N) is 1. The van der Waals surface area contributed by atoms with E-state index in [1.165, 1.54) is 6.07 Å². The largest absolute Gasteiger partial charge is 0.464 e. The minimum absolute atomic E-state index is 0.0227. The molecule has 0 fully saturated rings. The summed E-state index contributed by atoms with van der Waals surface area (Å²) in [5, 5.41) is 14.5. The van der Waals surface area contributed by atoms with E-state index in [-0.39, 0.29) is 18.0 Å². The number of hydrogen-bond acceptors (Lipinski definition) is 4. The fourth-order valence-electron chi connectivity index (χ4n) is 2.45. The standard InChI is InChI=1S/C17H13BrN2O4/c1-10-2-4-13(8-15(10)20(22)23)19-17(21)6-11-9-24-16-5-3-12(18)7-14(11)16/h2-5,7-9H,6H2,1H3,(H,19,21). The van der Waals surface area contributed by atoms with Crippen molar-refractivity contribution in [3.8, 4) is 0 Å². The topological polar surface area (TPSA) is 85.4 Å². The Kier molecular flexibility index (Phi) is 4.35. The first-order valence-corrected chi connectivity index (χ1v) is 7.94. The van der Waals surface area contributed by atoms with Crippen LogP contribution in [0.15, 0.2) is 51.6 Å². The van der Waals surface area contributed by atoms with E-state index in [0.29, 0.717) is 16.8 Å². The number of carbonyl (C=O) groups excluding carboxylic acids is 1. The maximum absolute atomic E-state index is 12.2. The van der Waals surface area contributed by atoms with Crippen LogP contribution in [0.3, 0.4) is 0 Å². The maximum Gasteiger partial charge on any atom is 0.274 e. The molecule has 1 aromatic heterocycles. The first kappa shape index (κ1) is 16.2. The Bertz CT molecular complexity index is 949. The van der Waals surface area contributed by atoms with Gasteiger partial charge in [-0.1, -0.05) is 22.0 Å². The zero-order chi connectivity index (χ0) is 17.3. The van der Waals surface area contributed by atoms with E-state index in [1.54, 1.807) is 25.3 Å². The molecule has 0 aliphatic heterocycles. The molecule has 0 spiro atoms. The second kappa shape index (κ2) is 6.45. The fraction of sp³-hybridized carbons (Fsp3) is 0.118. The lowest BCUT2D eigenvalue weighted by Crippen LogP contribution is -2.14. The lowest BCUT2D eigenvalue weighted by Gasteiger charge is -2.06. The van der Waals surface area contributed by atoms with Gasteiger partial charge >= 0.3 is 0 Å². The van der Waals surface area contributed by atoms with Crippen LogP contribution >= 0.6 is 15.9 Å². The molecule has 24 heavy (non-hydrogen) atoms. The van der Waals surface area contributed by atoms with Crippen molar-refractivity contribution in [2.45, 2.75) is 13.3 Å². The van der Waals surface area contributed by atoms with Crippen molar-refractivity contribution in [2.75, 3.05) is 5.32 Å². The first-order valence-electron chi connectivity index (χ1n) is 7.14. The van der Waals surface area contributed by atoms with Crippen molar-refractivity contribution in [3.63, 3.8) is 0 Å². The average Bonchev–Trinajstić information content (AvgIpc) is 2.91. The predicted molar refractivity (Wildman–Crippen MR) is 94.1 cm³/mol. The molecule has 0 bridgehead atoms. The summed E-state index contributed by atoms with van der Waals surface area (Å²) in [6.45, 7) is 1.65. The summed E-state index contributed by atoms with van der Waals surface area (Å²) in [7, 11) is 0. The summed E-state index contributed by atoms with van der Waals surface area (Å²) in [6, 6.07) is 10.2. The number of nitro groups is 1. The number of nitrogens with zero attached hydrogens (tertiary/aromatic N) is 1. The predicted octanol–water partition coefficient (Wildman–Crippen LogP) is 4.59. The highest BCUT2D eigenvalue weighted by Crippen LogP contribution is 2.26. The van der Waals surface area contributed by atoms with Crippen LogP contribution in [0.2, 0.25) is 0 Å². The van der Waals surface area contributed by atoms with Gasteiger partial charge in [-0.3, -0.25) is 14.9 Å². The van der Waals surface area contributed by atoms with Crippen LogP contribution in [-0.4, -0.2) is 10.8 Å². The van der Waals surface area contributed by atoms with Crippen molar-refractivity contribution < 1.29 is 14.1 Å². The summed E-state index contributed by atoms with van der Waals surface area (Å²) in [5.41, 5.74) is 2.37. The molecule has 0 atom stereocenters. The van der Waals surface area contributed by atoms with Crippen LogP contribution in [0.5, 0.6) is 0 Å². The number of anilines is 1. The first-order chi connectivity index (χ1) is 11.4. The summed E-state index contributed by atoms with van der Waals surface area (Å²) in [6.07, 6.45) is 1.67. The van der Waals surface area contributed by atoms with E-state index in [4.69, 9.17) is 4.42 Å². The quantitative estimate of drug-likeness (QED) is 0.522. The van der Waals surface area contributed by atoms with Crippen molar-refractivity contribution in [1.29, 1.82) is 0 Å². The van der Waals surface area contributed by atoms with Crippen LogP contribution in [-0.2, 0) is 11.2 Å². The second-order valence-electron chi connectivity index (χ2n) is 5.38. The summed E-state index contributed by atoms with van der Waals surface area (Å²) in [5.74, 6) is -0.268. The Morgan fingerprint density at radius 3 is 2.83 bits per heavy atom. The zero-order valence-corrected chi connectivity index (χ0v) is 14.3. The maximum atomic E-state index is 12.2. The van der Waals surface area contributed by atoms with E-state index >= 15 is 0 Å². The number of rotatable bonds is 4. The lowest BCUT2D eigenvalue weighted by atomic mass is 10.1. The number of fused-ring (bicyclic) bond motifs is 1. The molecular formula is C17H13BrN2O4. The van der Waals surface area contributed by atoms with Crippen LogP contribution in [0.1, 0.15) is 11.1 Å². The third-order valence-electron chi connectivity index (χ3n) is 3.66. The third-order valence-corrected chi connectivity index (χ3v) is 4.15. The molecule has 6 nitrogen and oxygen atoms in total. The van der Waals surface area contributed by atoms with E-state index < -0.39 is 4.92 Å². The molecule has 0 aliphatic carbocycles. The average molecular weight is 389 g/mol. The van der Waals surface area contributed by atoms with Gasteiger partial charge in [-0.15, -0.1) is 0 Å². The highest BCUT2D eigenvalue weighted by atomic mass is 79.9. The molecule has 3 rings (SSSR count). The van der Waals surface area contributed by atoms with Gasteiger partial charge in [0.05, 0.1) is 17.6 Å². The van der Waals surface area contributed by atoms with Gasteiger partial charge < -0.3 is 9.73 Å². The van der Waals surface area contributed by atoms with Gasteiger partial charge in [-0.2, -0.15) is 0 Å². The molecule has 7 heteroatoms. The van der Waals surface area contributed by atoms with E-state index in [2.05, 4.69) is 21.2 Å². The Hall–Kier alpha value is -2.67. The van der Waals surface area contributed by atoms with Crippen molar-refractivity contribution >= 4 is 44.2 Å². The molecule has 2 aromatic carbocycles. The number of amides is 1. The minimum atomic E-state index is -0.466. The summed E-state index contributed by atoms with van der Waals surface area (Å²) in [4.78, 5) is 22.7. The number of benzene rings is 2. The number of nitro benzene ring substituents is 1.